The van der Waals surface area contributed by atoms with E-state index in [4.69, 9.17) is 4.74 Å². The maximum Gasteiger partial charge on any atom is 0.122 e. The van der Waals surface area contributed by atoms with Crippen LogP contribution in [0.25, 0.3) is 0 Å². The summed E-state index contributed by atoms with van der Waals surface area (Å²) in [4.78, 5) is 2.77. The lowest BCUT2D eigenvalue weighted by Gasteiger charge is -2.38. The molecule has 3 nitrogen and oxygen atoms in total. The number of piperidine rings is 1. The summed E-state index contributed by atoms with van der Waals surface area (Å²) in [5.41, 5.74) is 2.92. The third kappa shape index (κ3) is 3.34. The Hall–Kier alpha value is -1.06. The molecule has 3 aliphatic rings. The molecule has 0 bridgehead atoms. The van der Waals surface area contributed by atoms with E-state index < -0.39 is 0 Å². The summed E-state index contributed by atoms with van der Waals surface area (Å²) >= 11 is 0. The first-order valence-electron chi connectivity index (χ1n) is 10.0. The van der Waals surface area contributed by atoms with Crippen LogP contribution in [-0.4, -0.2) is 37.2 Å². The van der Waals surface area contributed by atoms with Crippen molar-refractivity contribution < 1.29 is 4.74 Å². The molecule has 1 aromatic carbocycles. The summed E-state index contributed by atoms with van der Waals surface area (Å²) in [6.07, 6.45) is 12.1. The van der Waals surface area contributed by atoms with Gasteiger partial charge in [-0.1, -0.05) is 25.0 Å². The van der Waals surface area contributed by atoms with Crippen LogP contribution in [0.3, 0.4) is 0 Å². The Labute approximate surface area is 146 Å². The quantitative estimate of drug-likeness (QED) is 0.902. The first-order chi connectivity index (χ1) is 11.8. The van der Waals surface area contributed by atoms with Crippen molar-refractivity contribution in [3.05, 3.63) is 29.3 Å². The summed E-state index contributed by atoms with van der Waals surface area (Å²) in [7, 11) is 1.80. The van der Waals surface area contributed by atoms with Crippen molar-refractivity contribution in [2.75, 3.05) is 20.2 Å². The molecule has 2 aliphatic carbocycles. The van der Waals surface area contributed by atoms with Crippen LogP contribution in [-0.2, 0) is 6.42 Å². The molecule has 1 aliphatic heterocycles. The first-order valence-corrected chi connectivity index (χ1v) is 10.0. The van der Waals surface area contributed by atoms with Gasteiger partial charge in [-0.2, -0.15) is 0 Å². The fourth-order valence-electron chi connectivity index (χ4n) is 5.16. The van der Waals surface area contributed by atoms with Crippen molar-refractivity contribution in [1.82, 2.24) is 10.2 Å². The van der Waals surface area contributed by atoms with E-state index in [1.54, 1.807) is 7.11 Å². The van der Waals surface area contributed by atoms with Crippen molar-refractivity contribution in [2.45, 2.75) is 75.9 Å². The van der Waals surface area contributed by atoms with Gasteiger partial charge in [-0.15, -0.1) is 0 Å². The second kappa shape index (κ2) is 7.45. The number of likely N-dealkylation sites (tertiary alicyclic amines) is 1. The third-order valence-electron chi connectivity index (χ3n) is 6.49. The largest absolute Gasteiger partial charge is 0.496 e. The molecule has 1 heterocycles. The number of benzene rings is 1. The van der Waals surface area contributed by atoms with Crippen LogP contribution >= 0.6 is 0 Å². The summed E-state index contributed by atoms with van der Waals surface area (Å²) in [6, 6.07) is 8.67. The summed E-state index contributed by atoms with van der Waals surface area (Å²) in [6.45, 7) is 2.58. The average Bonchev–Trinajstić information content (AvgIpc) is 3.17. The van der Waals surface area contributed by atoms with Gasteiger partial charge in [0.25, 0.3) is 0 Å². The van der Waals surface area contributed by atoms with Gasteiger partial charge in [0.05, 0.1) is 7.11 Å². The topological polar surface area (TPSA) is 24.5 Å². The minimum atomic E-state index is 0.520. The van der Waals surface area contributed by atoms with Gasteiger partial charge >= 0.3 is 0 Å². The van der Waals surface area contributed by atoms with E-state index >= 15 is 0 Å². The van der Waals surface area contributed by atoms with Gasteiger partial charge < -0.3 is 15.0 Å². The monoisotopic (exact) mass is 328 g/mol. The van der Waals surface area contributed by atoms with Crippen LogP contribution in [0, 0.1) is 0 Å². The molecule has 2 fully saturated rings. The Kier molecular flexibility index (Phi) is 5.09. The zero-order valence-corrected chi connectivity index (χ0v) is 15.1. The zero-order chi connectivity index (χ0) is 16.4. The van der Waals surface area contributed by atoms with Crippen molar-refractivity contribution in [2.24, 2.45) is 0 Å². The van der Waals surface area contributed by atoms with Crippen molar-refractivity contribution >= 4 is 0 Å². The van der Waals surface area contributed by atoms with E-state index in [9.17, 15) is 0 Å². The molecule has 1 aromatic rings. The maximum absolute atomic E-state index is 5.59. The molecule has 0 radical (unpaired) electrons. The molecule has 0 spiro atoms. The minimum Gasteiger partial charge on any atom is -0.496 e. The van der Waals surface area contributed by atoms with Crippen LogP contribution in [0.15, 0.2) is 18.2 Å². The highest BCUT2D eigenvalue weighted by Gasteiger charge is 2.29. The van der Waals surface area contributed by atoms with Crippen LogP contribution in [0.1, 0.15) is 68.5 Å². The van der Waals surface area contributed by atoms with Gasteiger partial charge in [-0.25, -0.2) is 0 Å². The minimum absolute atomic E-state index is 0.520. The van der Waals surface area contributed by atoms with Crippen LogP contribution in [0.4, 0.5) is 0 Å². The molecule has 24 heavy (non-hydrogen) atoms. The van der Waals surface area contributed by atoms with Crippen LogP contribution in [0.5, 0.6) is 5.75 Å². The van der Waals surface area contributed by atoms with Gasteiger partial charge in [-0.05, 0) is 75.2 Å². The predicted octanol–water partition coefficient (Wildman–Crippen LogP) is 4.07. The van der Waals surface area contributed by atoms with E-state index in [2.05, 4.69) is 28.4 Å². The van der Waals surface area contributed by atoms with Gasteiger partial charge in [0.2, 0.25) is 0 Å². The second-order valence-corrected chi connectivity index (χ2v) is 7.89. The molecule has 0 aromatic heterocycles. The smallest absolute Gasteiger partial charge is 0.122 e. The van der Waals surface area contributed by atoms with Crippen LogP contribution in [0.2, 0.25) is 0 Å². The fourth-order valence-corrected chi connectivity index (χ4v) is 5.16. The van der Waals surface area contributed by atoms with E-state index in [0.717, 1.165) is 18.2 Å². The molecule has 4 rings (SSSR count). The standard InChI is InChI=1S/C21H32N2O/c1-24-21-11-5-8-18-19(21)9-4-10-20(18)22-16-12-14-23(15-13-16)17-6-2-3-7-17/h5,8,11,16-17,20,22H,2-4,6-7,9-10,12-15H2,1H3. The lowest BCUT2D eigenvalue weighted by molar-refractivity contribution is 0.139. The number of fused-ring (bicyclic) bond motifs is 1. The SMILES string of the molecule is COc1cccc2c1CCCC2NC1CCN(C2CCCC2)CC1. The Morgan fingerprint density at radius 2 is 1.79 bits per heavy atom. The number of nitrogens with zero attached hydrogens (tertiary/aromatic N) is 1. The Morgan fingerprint density at radius 3 is 2.54 bits per heavy atom. The maximum atomic E-state index is 5.59. The third-order valence-corrected chi connectivity index (χ3v) is 6.49. The van der Waals surface area contributed by atoms with E-state index in [1.165, 1.54) is 75.6 Å². The Balaban J connectivity index is 1.37. The second-order valence-electron chi connectivity index (χ2n) is 7.89. The molecule has 132 valence electrons. The Bertz CT molecular complexity index is 545. The molecule has 0 amide bonds. The van der Waals surface area contributed by atoms with Gasteiger partial charge in [0, 0.05) is 18.1 Å². The summed E-state index contributed by atoms with van der Waals surface area (Å²) < 4.78 is 5.59. The Morgan fingerprint density at radius 1 is 1.00 bits per heavy atom. The summed E-state index contributed by atoms with van der Waals surface area (Å²) in [5.74, 6) is 1.08. The number of nitrogens with one attached hydrogen (secondary N) is 1. The molecular weight excluding hydrogens is 296 g/mol. The number of rotatable bonds is 4. The normalized spacial score (nSPS) is 26.5. The zero-order valence-electron chi connectivity index (χ0n) is 15.1. The highest BCUT2D eigenvalue weighted by Crippen LogP contribution is 2.36. The summed E-state index contributed by atoms with van der Waals surface area (Å²) in [5, 5.41) is 3.99. The van der Waals surface area contributed by atoms with E-state index in [0.29, 0.717) is 12.1 Å². The number of hydrogen-bond acceptors (Lipinski definition) is 3. The number of hydrogen-bond donors (Lipinski definition) is 1. The lowest BCUT2D eigenvalue weighted by atomic mass is 9.86. The predicted molar refractivity (Wildman–Crippen MR) is 98.7 cm³/mol. The van der Waals surface area contributed by atoms with E-state index in [1.807, 2.05) is 0 Å². The van der Waals surface area contributed by atoms with Crippen molar-refractivity contribution in [1.29, 1.82) is 0 Å². The highest BCUT2D eigenvalue weighted by atomic mass is 16.5. The molecule has 3 heteroatoms. The molecular formula is C21H32N2O. The number of methoxy groups -OCH3 is 1. The molecule has 1 saturated heterocycles. The van der Waals surface area contributed by atoms with Gasteiger partial charge in [0.15, 0.2) is 0 Å². The van der Waals surface area contributed by atoms with Crippen molar-refractivity contribution in [3.63, 3.8) is 0 Å². The van der Waals surface area contributed by atoms with Crippen molar-refractivity contribution in [3.8, 4) is 5.75 Å². The van der Waals surface area contributed by atoms with Gasteiger partial charge in [0.1, 0.15) is 5.75 Å². The molecule has 1 saturated carbocycles. The number of ether oxygens (including phenoxy) is 1. The molecule has 1 N–H and O–H groups in total. The van der Waals surface area contributed by atoms with Gasteiger partial charge in [-0.3, -0.25) is 0 Å². The average molecular weight is 329 g/mol. The van der Waals surface area contributed by atoms with E-state index in [-0.39, 0.29) is 0 Å². The molecule has 1 unspecified atom stereocenters. The fraction of sp³-hybridized carbons (Fsp3) is 0.714. The lowest BCUT2D eigenvalue weighted by Crippen LogP contribution is -2.47. The molecule has 1 atom stereocenters. The highest BCUT2D eigenvalue weighted by molar-refractivity contribution is 5.43. The van der Waals surface area contributed by atoms with Crippen LogP contribution < -0.4 is 10.1 Å². The first kappa shape index (κ1) is 16.4.